The van der Waals surface area contributed by atoms with Crippen molar-refractivity contribution in [2.45, 2.75) is 0 Å². The Labute approximate surface area is 119 Å². The summed E-state index contributed by atoms with van der Waals surface area (Å²) in [6.07, 6.45) is 1.72. The average Bonchev–Trinajstić information content (AvgIpc) is 3.07. The summed E-state index contributed by atoms with van der Waals surface area (Å²) in [5.41, 5.74) is 2.84. The minimum Gasteiger partial charge on any atom is -0.478 e. The van der Waals surface area contributed by atoms with E-state index >= 15 is 0 Å². The van der Waals surface area contributed by atoms with E-state index in [-0.39, 0.29) is 5.56 Å². The maximum Gasteiger partial charge on any atom is 0.335 e. The van der Waals surface area contributed by atoms with Crippen molar-refractivity contribution in [2.75, 3.05) is 0 Å². The van der Waals surface area contributed by atoms with Crippen molar-refractivity contribution in [1.82, 2.24) is 14.8 Å². The molecule has 0 spiro atoms. The summed E-state index contributed by atoms with van der Waals surface area (Å²) in [6.45, 7) is 0. The second-order valence-corrected chi connectivity index (χ2v) is 5.12. The van der Waals surface area contributed by atoms with Crippen LogP contribution in [0.2, 0.25) is 0 Å². The number of rotatable bonds is 3. The van der Waals surface area contributed by atoms with Crippen LogP contribution in [0.3, 0.4) is 0 Å². The highest BCUT2D eigenvalue weighted by molar-refractivity contribution is 7.13. The molecule has 0 saturated heterocycles. The van der Waals surface area contributed by atoms with E-state index in [2.05, 4.69) is 10.1 Å². The highest BCUT2D eigenvalue weighted by Gasteiger charge is 2.11. The zero-order valence-corrected chi connectivity index (χ0v) is 11.5. The zero-order valence-electron chi connectivity index (χ0n) is 10.6. The molecule has 0 unspecified atom stereocenters. The van der Waals surface area contributed by atoms with Crippen LogP contribution in [0.1, 0.15) is 10.4 Å². The number of hydrogen-bond donors (Lipinski definition) is 1. The van der Waals surface area contributed by atoms with Crippen LogP contribution < -0.4 is 0 Å². The Morgan fingerprint density at radius 2 is 2.20 bits per heavy atom. The van der Waals surface area contributed by atoms with Gasteiger partial charge >= 0.3 is 5.97 Å². The lowest BCUT2D eigenvalue weighted by molar-refractivity contribution is 0.0697. The molecule has 100 valence electrons. The van der Waals surface area contributed by atoms with Crippen molar-refractivity contribution >= 4 is 17.3 Å². The van der Waals surface area contributed by atoms with Gasteiger partial charge in [-0.25, -0.2) is 9.78 Å². The lowest BCUT2D eigenvalue weighted by Crippen LogP contribution is -1.95. The van der Waals surface area contributed by atoms with Gasteiger partial charge < -0.3 is 5.11 Å². The Balaban J connectivity index is 2.00. The molecule has 0 aliphatic heterocycles. The fraction of sp³-hybridized carbons (Fsp3) is 0.0714. The number of thiazole rings is 1. The van der Waals surface area contributed by atoms with Gasteiger partial charge in [0, 0.05) is 24.2 Å². The molecule has 0 aliphatic carbocycles. The van der Waals surface area contributed by atoms with Crippen molar-refractivity contribution in [1.29, 1.82) is 0 Å². The van der Waals surface area contributed by atoms with Crippen LogP contribution in [0.5, 0.6) is 0 Å². The predicted molar refractivity (Wildman–Crippen MR) is 76.7 cm³/mol. The van der Waals surface area contributed by atoms with Gasteiger partial charge in [0.05, 0.1) is 17.0 Å². The molecule has 0 amide bonds. The number of aromatic nitrogens is 3. The molecule has 0 radical (unpaired) electrons. The number of carboxylic acid groups (broad SMARTS) is 1. The van der Waals surface area contributed by atoms with Crippen molar-refractivity contribution in [2.24, 2.45) is 7.05 Å². The minimum absolute atomic E-state index is 0.264. The van der Waals surface area contributed by atoms with Crippen LogP contribution in [0.25, 0.3) is 22.0 Å². The topological polar surface area (TPSA) is 68.0 Å². The Kier molecular flexibility index (Phi) is 3.08. The summed E-state index contributed by atoms with van der Waals surface area (Å²) in [5.74, 6) is -0.935. The lowest BCUT2D eigenvalue weighted by atomic mass is 10.1. The molecule has 0 aliphatic rings. The Bertz CT molecular complexity index is 776. The van der Waals surface area contributed by atoms with Crippen LogP contribution in [0.4, 0.5) is 0 Å². The van der Waals surface area contributed by atoms with Gasteiger partial charge in [-0.3, -0.25) is 4.68 Å². The highest BCUT2D eigenvalue weighted by Crippen LogP contribution is 2.28. The fourth-order valence-electron chi connectivity index (χ4n) is 1.93. The molecule has 0 bridgehead atoms. The molecular weight excluding hydrogens is 274 g/mol. The van der Waals surface area contributed by atoms with Gasteiger partial charge in [0.15, 0.2) is 0 Å². The average molecular weight is 285 g/mol. The summed E-state index contributed by atoms with van der Waals surface area (Å²) in [4.78, 5) is 15.5. The first kappa shape index (κ1) is 12.6. The normalized spacial score (nSPS) is 10.7. The maximum absolute atomic E-state index is 11.0. The third-order valence-electron chi connectivity index (χ3n) is 2.94. The van der Waals surface area contributed by atoms with Crippen molar-refractivity contribution in [3.05, 3.63) is 47.5 Å². The summed E-state index contributed by atoms with van der Waals surface area (Å²) in [5, 5.41) is 15.9. The smallest absolute Gasteiger partial charge is 0.335 e. The molecule has 0 atom stereocenters. The van der Waals surface area contributed by atoms with Crippen molar-refractivity contribution in [3.63, 3.8) is 0 Å². The summed E-state index contributed by atoms with van der Waals surface area (Å²) in [6, 6.07) is 8.68. The quantitative estimate of drug-likeness (QED) is 0.803. The minimum atomic E-state index is -0.935. The molecular formula is C14H11N3O2S. The standard InChI is InChI=1S/C14H11N3O2S/c1-17-12(5-6-15-17)11-8-20-13(16-11)9-3-2-4-10(7-9)14(18)19/h2-8H,1H3,(H,18,19). The number of carboxylic acids is 1. The summed E-state index contributed by atoms with van der Waals surface area (Å²) >= 11 is 1.48. The van der Waals surface area contributed by atoms with Gasteiger partial charge in [-0.2, -0.15) is 5.10 Å². The van der Waals surface area contributed by atoms with Crippen LogP contribution in [0, 0.1) is 0 Å². The number of aryl methyl sites for hydroxylation is 1. The molecule has 2 heterocycles. The van der Waals surface area contributed by atoms with E-state index in [0.717, 1.165) is 22.0 Å². The fourth-order valence-corrected chi connectivity index (χ4v) is 2.75. The number of carbonyl (C=O) groups is 1. The Morgan fingerprint density at radius 3 is 2.90 bits per heavy atom. The SMILES string of the molecule is Cn1nccc1-c1csc(-c2cccc(C(=O)O)c2)n1. The van der Waals surface area contributed by atoms with Gasteiger partial charge in [-0.15, -0.1) is 11.3 Å². The van der Waals surface area contributed by atoms with Crippen molar-refractivity contribution < 1.29 is 9.90 Å². The molecule has 3 rings (SSSR count). The number of hydrogen-bond acceptors (Lipinski definition) is 4. The van der Waals surface area contributed by atoms with E-state index in [9.17, 15) is 4.79 Å². The maximum atomic E-state index is 11.0. The van der Waals surface area contributed by atoms with E-state index in [1.54, 1.807) is 29.1 Å². The van der Waals surface area contributed by atoms with Crippen LogP contribution in [-0.2, 0) is 7.05 Å². The first-order valence-corrected chi connectivity index (χ1v) is 6.81. The zero-order chi connectivity index (χ0) is 14.1. The van der Waals surface area contributed by atoms with Crippen LogP contribution >= 0.6 is 11.3 Å². The van der Waals surface area contributed by atoms with E-state index in [1.165, 1.54) is 11.3 Å². The van der Waals surface area contributed by atoms with Crippen molar-refractivity contribution in [3.8, 4) is 22.0 Å². The van der Waals surface area contributed by atoms with Gasteiger partial charge in [0.1, 0.15) is 5.01 Å². The summed E-state index contributed by atoms with van der Waals surface area (Å²) in [7, 11) is 1.86. The monoisotopic (exact) mass is 285 g/mol. The first-order valence-electron chi connectivity index (χ1n) is 5.93. The third kappa shape index (κ3) is 2.21. The van der Waals surface area contributed by atoms with Crippen LogP contribution in [-0.4, -0.2) is 25.8 Å². The third-order valence-corrected chi connectivity index (χ3v) is 3.84. The highest BCUT2D eigenvalue weighted by atomic mass is 32.1. The van der Waals surface area contributed by atoms with E-state index in [0.29, 0.717) is 0 Å². The summed E-state index contributed by atoms with van der Waals surface area (Å²) < 4.78 is 1.76. The number of benzene rings is 1. The predicted octanol–water partition coefficient (Wildman–Crippen LogP) is 2.91. The Morgan fingerprint density at radius 1 is 1.35 bits per heavy atom. The van der Waals surface area contributed by atoms with Gasteiger partial charge in [0.2, 0.25) is 0 Å². The van der Waals surface area contributed by atoms with E-state index in [4.69, 9.17) is 5.11 Å². The van der Waals surface area contributed by atoms with Gasteiger partial charge in [-0.1, -0.05) is 12.1 Å². The molecule has 2 aromatic heterocycles. The molecule has 1 aromatic carbocycles. The number of aromatic carboxylic acids is 1. The first-order chi connectivity index (χ1) is 9.65. The molecule has 6 heteroatoms. The van der Waals surface area contributed by atoms with Gasteiger partial charge in [0.25, 0.3) is 0 Å². The largest absolute Gasteiger partial charge is 0.478 e. The van der Waals surface area contributed by atoms with E-state index in [1.807, 2.05) is 24.6 Å². The molecule has 20 heavy (non-hydrogen) atoms. The van der Waals surface area contributed by atoms with Crippen LogP contribution in [0.15, 0.2) is 41.9 Å². The molecule has 0 fully saturated rings. The molecule has 3 aromatic rings. The van der Waals surface area contributed by atoms with Gasteiger partial charge in [-0.05, 0) is 18.2 Å². The second-order valence-electron chi connectivity index (χ2n) is 4.26. The Hall–Kier alpha value is -2.47. The lowest BCUT2D eigenvalue weighted by Gasteiger charge is -1.99. The second kappa shape index (κ2) is 4.90. The molecule has 5 nitrogen and oxygen atoms in total. The van der Waals surface area contributed by atoms with E-state index < -0.39 is 5.97 Å². The molecule has 0 saturated carbocycles. The number of nitrogens with zero attached hydrogens (tertiary/aromatic N) is 3. The molecule has 1 N–H and O–H groups in total.